The summed E-state index contributed by atoms with van der Waals surface area (Å²) in [7, 11) is 1.62. The number of benzene rings is 2. The van der Waals surface area contributed by atoms with E-state index in [1.165, 1.54) is 0 Å². The third kappa shape index (κ3) is 3.22. The molecule has 0 amide bonds. The predicted molar refractivity (Wildman–Crippen MR) is 94.5 cm³/mol. The van der Waals surface area contributed by atoms with E-state index in [2.05, 4.69) is 16.4 Å². The van der Waals surface area contributed by atoms with Gasteiger partial charge in [0, 0.05) is 22.0 Å². The van der Waals surface area contributed by atoms with Gasteiger partial charge in [0.2, 0.25) is 0 Å². The predicted octanol–water partition coefficient (Wildman–Crippen LogP) is 4.58. The quantitative estimate of drug-likeness (QED) is 0.713. The Labute approximate surface area is 139 Å². The van der Waals surface area contributed by atoms with Crippen LogP contribution in [0.5, 0.6) is 5.75 Å². The van der Waals surface area contributed by atoms with Crippen molar-refractivity contribution in [3.8, 4) is 11.8 Å². The smallest absolute Gasteiger partial charge is 0.149 e. The number of nitrogens with zero attached hydrogens (tertiary/aromatic N) is 2. The van der Waals surface area contributed by atoms with Crippen molar-refractivity contribution >= 4 is 34.2 Å². The molecule has 0 spiro atoms. The fourth-order valence-electron chi connectivity index (χ4n) is 2.29. The number of fused-ring (bicyclic) bond motifs is 1. The van der Waals surface area contributed by atoms with E-state index < -0.39 is 0 Å². The van der Waals surface area contributed by atoms with Gasteiger partial charge in [-0.15, -0.1) is 11.8 Å². The number of thioether (sulfide) groups is 1. The third-order valence-electron chi connectivity index (χ3n) is 3.48. The van der Waals surface area contributed by atoms with Crippen LogP contribution in [-0.4, -0.2) is 18.3 Å². The van der Waals surface area contributed by atoms with E-state index in [-0.39, 0.29) is 0 Å². The van der Waals surface area contributed by atoms with Gasteiger partial charge in [-0.25, -0.2) is 4.98 Å². The molecule has 0 atom stereocenters. The summed E-state index contributed by atoms with van der Waals surface area (Å²) in [6.45, 7) is 0. The van der Waals surface area contributed by atoms with Crippen LogP contribution < -0.4 is 10.1 Å². The van der Waals surface area contributed by atoms with E-state index in [0.717, 1.165) is 27.2 Å². The molecule has 0 fully saturated rings. The lowest BCUT2D eigenvalue weighted by Gasteiger charge is -2.10. The van der Waals surface area contributed by atoms with Crippen LogP contribution in [-0.2, 0) is 0 Å². The van der Waals surface area contributed by atoms with Crippen LogP contribution in [0.1, 0.15) is 5.56 Å². The first-order valence-electron chi connectivity index (χ1n) is 7.03. The highest BCUT2D eigenvalue weighted by atomic mass is 32.2. The van der Waals surface area contributed by atoms with Gasteiger partial charge in [0.25, 0.3) is 0 Å². The number of aromatic nitrogens is 1. The Morgan fingerprint density at radius 1 is 1.17 bits per heavy atom. The minimum Gasteiger partial charge on any atom is -0.497 e. The van der Waals surface area contributed by atoms with E-state index in [4.69, 9.17) is 4.74 Å². The molecule has 1 aromatic heterocycles. The van der Waals surface area contributed by atoms with Crippen LogP contribution in [0.4, 0.5) is 11.5 Å². The Morgan fingerprint density at radius 3 is 2.78 bits per heavy atom. The normalized spacial score (nSPS) is 10.3. The van der Waals surface area contributed by atoms with Gasteiger partial charge in [-0.05, 0) is 42.7 Å². The summed E-state index contributed by atoms with van der Waals surface area (Å²) < 4.78 is 5.24. The minimum atomic E-state index is 0.511. The SMILES string of the molecule is COc1ccc2cc(C#N)c(Nc3cccc(SC)c3)nc2c1. The monoisotopic (exact) mass is 321 g/mol. The van der Waals surface area contributed by atoms with Gasteiger partial charge in [-0.1, -0.05) is 6.07 Å². The van der Waals surface area contributed by atoms with E-state index >= 15 is 0 Å². The lowest BCUT2D eigenvalue weighted by atomic mass is 10.1. The van der Waals surface area contributed by atoms with E-state index in [9.17, 15) is 5.26 Å². The number of ether oxygens (including phenoxy) is 1. The maximum absolute atomic E-state index is 9.40. The van der Waals surface area contributed by atoms with Crippen molar-refractivity contribution in [3.63, 3.8) is 0 Å². The molecule has 5 heteroatoms. The molecule has 23 heavy (non-hydrogen) atoms. The lowest BCUT2D eigenvalue weighted by molar-refractivity contribution is 0.415. The Hall–Kier alpha value is -2.71. The van der Waals surface area contributed by atoms with Gasteiger partial charge < -0.3 is 10.1 Å². The van der Waals surface area contributed by atoms with Gasteiger partial charge in [0.15, 0.2) is 0 Å². The van der Waals surface area contributed by atoms with Gasteiger partial charge in [-0.2, -0.15) is 5.26 Å². The maximum atomic E-state index is 9.40. The van der Waals surface area contributed by atoms with Crippen LogP contribution in [0, 0.1) is 11.3 Å². The molecular formula is C18H15N3OS. The molecule has 0 unspecified atom stereocenters. The lowest BCUT2D eigenvalue weighted by Crippen LogP contribution is -1.98. The molecule has 3 rings (SSSR count). The second-order valence-corrected chi connectivity index (χ2v) is 5.79. The van der Waals surface area contributed by atoms with Crippen LogP contribution in [0.3, 0.4) is 0 Å². The number of rotatable bonds is 4. The molecule has 0 saturated heterocycles. The van der Waals surface area contributed by atoms with Gasteiger partial charge in [0.05, 0.1) is 18.2 Å². The summed E-state index contributed by atoms with van der Waals surface area (Å²) in [5.41, 5.74) is 2.20. The molecule has 0 aliphatic carbocycles. The zero-order valence-electron chi connectivity index (χ0n) is 12.8. The van der Waals surface area contributed by atoms with Crippen LogP contribution in [0.2, 0.25) is 0 Å². The Morgan fingerprint density at radius 2 is 2.04 bits per heavy atom. The summed E-state index contributed by atoms with van der Waals surface area (Å²) in [5.74, 6) is 1.29. The standard InChI is InChI=1S/C18H15N3OS/c1-22-15-7-6-12-8-13(11-19)18(21-17(12)10-15)20-14-4-3-5-16(9-14)23-2/h3-10H,1-2H3,(H,20,21). The molecule has 0 aliphatic heterocycles. The maximum Gasteiger partial charge on any atom is 0.149 e. The van der Waals surface area contributed by atoms with Crippen molar-refractivity contribution in [2.45, 2.75) is 4.90 Å². The molecular weight excluding hydrogens is 306 g/mol. The largest absolute Gasteiger partial charge is 0.497 e. The third-order valence-corrected chi connectivity index (χ3v) is 4.20. The molecule has 0 bridgehead atoms. The van der Waals surface area contributed by atoms with E-state index in [0.29, 0.717) is 11.4 Å². The highest BCUT2D eigenvalue weighted by Gasteiger charge is 2.08. The Balaban J connectivity index is 2.05. The van der Waals surface area contributed by atoms with Crippen molar-refractivity contribution in [3.05, 3.63) is 54.1 Å². The summed E-state index contributed by atoms with van der Waals surface area (Å²) in [4.78, 5) is 5.73. The van der Waals surface area contributed by atoms with Crippen LogP contribution in [0.25, 0.3) is 10.9 Å². The molecule has 3 aromatic rings. The molecule has 0 aliphatic rings. The van der Waals surface area contributed by atoms with Crippen molar-refractivity contribution < 1.29 is 4.74 Å². The van der Waals surface area contributed by atoms with Gasteiger partial charge in [-0.3, -0.25) is 0 Å². The summed E-state index contributed by atoms with van der Waals surface area (Å²) in [5, 5.41) is 13.5. The topological polar surface area (TPSA) is 57.9 Å². The highest BCUT2D eigenvalue weighted by Crippen LogP contribution is 2.27. The average molecular weight is 321 g/mol. The van der Waals surface area contributed by atoms with E-state index in [1.807, 2.05) is 54.8 Å². The first-order chi connectivity index (χ1) is 11.2. The summed E-state index contributed by atoms with van der Waals surface area (Å²) in [6.07, 6.45) is 2.03. The Kier molecular flexibility index (Phi) is 4.35. The number of hydrogen-bond donors (Lipinski definition) is 1. The summed E-state index contributed by atoms with van der Waals surface area (Å²) >= 11 is 1.67. The summed E-state index contributed by atoms with van der Waals surface area (Å²) in [6, 6.07) is 17.7. The minimum absolute atomic E-state index is 0.511. The number of anilines is 2. The fraction of sp³-hybridized carbons (Fsp3) is 0.111. The highest BCUT2D eigenvalue weighted by molar-refractivity contribution is 7.98. The molecule has 114 valence electrons. The molecule has 0 radical (unpaired) electrons. The molecule has 0 saturated carbocycles. The number of hydrogen-bond acceptors (Lipinski definition) is 5. The van der Waals surface area contributed by atoms with Crippen molar-refractivity contribution in [2.24, 2.45) is 0 Å². The van der Waals surface area contributed by atoms with Crippen LogP contribution in [0.15, 0.2) is 53.4 Å². The average Bonchev–Trinajstić information content (AvgIpc) is 2.60. The van der Waals surface area contributed by atoms with Crippen molar-refractivity contribution in [2.75, 3.05) is 18.7 Å². The molecule has 2 aromatic carbocycles. The second-order valence-electron chi connectivity index (χ2n) is 4.91. The number of nitriles is 1. The molecule has 1 heterocycles. The van der Waals surface area contributed by atoms with Crippen molar-refractivity contribution in [1.82, 2.24) is 4.98 Å². The van der Waals surface area contributed by atoms with Crippen LogP contribution >= 0.6 is 11.8 Å². The number of nitrogens with one attached hydrogen (secondary N) is 1. The second kappa shape index (κ2) is 6.59. The number of methoxy groups -OCH3 is 1. The van der Waals surface area contributed by atoms with Gasteiger partial charge >= 0.3 is 0 Å². The molecule has 1 N–H and O–H groups in total. The zero-order chi connectivity index (χ0) is 16.2. The molecule has 4 nitrogen and oxygen atoms in total. The zero-order valence-corrected chi connectivity index (χ0v) is 13.6. The first-order valence-corrected chi connectivity index (χ1v) is 8.26. The number of pyridine rings is 1. The Bertz CT molecular complexity index is 902. The van der Waals surface area contributed by atoms with Crippen molar-refractivity contribution in [1.29, 1.82) is 5.26 Å². The van der Waals surface area contributed by atoms with E-state index in [1.54, 1.807) is 18.9 Å². The fourth-order valence-corrected chi connectivity index (χ4v) is 2.75. The van der Waals surface area contributed by atoms with Gasteiger partial charge in [0.1, 0.15) is 17.6 Å². The first kappa shape index (κ1) is 15.2.